The summed E-state index contributed by atoms with van der Waals surface area (Å²) in [5, 5.41) is 8.82. The molecule has 1 heterocycles. The van der Waals surface area contributed by atoms with Crippen LogP contribution < -0.4 is 9.80 Å². The molecule has 1 aliphatic heterocycles. The summed E-state index contributed by atoms with van der Waals surface area (Å²) in [4.78, 5) is 4.33. The van der Waals surface area contributed by atoms with Crippen molar-refractivity contribution in [2.75, 3.05) is 22.9 Å². The van der Waals surface area contributed by atoms with E-state index in [0.717, 1.165) is 19.5 Å². The van der Waals surface area contributed by atoms with E-state index in [0.29, 0.717) is 5.96 Å². The minimum atomic E-state index is 0.589. The molecule has 0 aromatic heterocycles. The lowest BCUT2D eigenvalue weighted by atomic mass is 10.0. The molecule has 3 nitrogen and oxygen atoms in total. The molecular formula is C20H25N3. The number of hydrogen-bond acceptors (Lipinski definition) is 1. The quantitative estimate of drug-likeness (QED) is 0.881. The van der Waals surface area contributed by atoms with E-state index in [-0.39, 0.29) is 0 Å². The SMILES string of the molecule is Cc1cccc(C)c1N1CCCN(c2c(C)cccc2C)C1=N. The highest BCUT2D eigenvalue weighted by molar-refractivity contribution is 6.07. The number of hydrogen-bond donors (Lipinski definition) is 1. The van der Waals surface area contributed by atoms with Crippen LogP contribution in [-0.4, -0.2) is 19.0 Å². The number of aryl methyl sites for hydroxylation is 4. The summed E-state index contributed by atoms with van der Waals surface area (Å²) in [5.41, 5.74) is 7.31. The normalized spacial score (nSPS) is 15.2. The Hall–Kier alpha value is -2.29. The molecule has 0 bridgehead atoms. The lowest BCUT2D eigenvalue weighted by Crippen LogP contribution is -2.51. The molecule has 120 valence electrons. The first-order valence-electron chi connectivity index (χ1n) is 8.26. The largest absolute Gasteiger partial charge is 0.312 e. The van der Waals surface area contributed by atoms with Crippen molar-refractivity contribution in [3.63, 3.8) is 0 Å². The maximum Gasteiger partial charge on any atom is 0.202 e. The van der Waals surface area contributed by atoms with Crippen LogP contribution >= 0.6 is 0 Å². The molecule has 0 radical (unpaired) electrons. The zero-order valence-electron chi connectivity index (χ0n) is 14.5. The van der Waals surface area contributed by atoms with Gasteiger partial charge in [-0.25, -0.2) is 0 Å². The van der Waals surface area contributed by atoms with Crippen LogP contribution in [-0.2, 0) is 0 Å². The van der Waals surface area contributed by atoms with E-state index in [2.05, 4.69) is 73.9 Å². The van der Waals surface area contributed by atoms with Crippen LogP contribution in [0.4, 0.5) is 11.4 Å². The van der Waals surface area contributed by atoms with Crippen molar-refractivity contribution < 1.29 is 0 Å². The van der Waals surface area contributed by atoms with Crippen LogP contribution in [0, 0.1) is 33.1 Å². The number of nitrogens with zero attached hydrogens (tertiary/aromatic N) is 2. The number of para-hydroxylation sites is 2. The fraction of sp³-hybridized carbons (Fsp3) is 0.350. The van der Waals surface area contributed by atoms with Gasteiger partial charge in [0.1, 0.15) is 0 Å². The summed E-state index contributed by atoms with van der Waals surface area (Å²) in [6.07, 6.45) is 1.06. The van der Waals surface area contributed by atoms with Gasteiger partial charge in [-0.3, -0.25) is 5.41 Å². The zero-order chi connectivity index (χ0) is 16.6. The van der Waals surface area contributed by atoms with Crippen molar-refractivity contribution in [3.05, 3.63) is 58.7 Å². The third kappa shape index (κ3) is 2.72. The summed E-state index contributed by atoms with van der Waals surface area (Å²) in [7, 11) is 0. The first kappa shape index (κ1) is 15.6. The molecule has 0 spiro atoms. The molecule has 1 saturated heterocycles. The van der Waals surface area contributed by atoms with Gasteiger partial charge in [0.15, 0.2) is 0 Å². The summed E-state index contributed by atoms with van der Waals surface area (Å²) in [6, 6.07) is 12.7. The monoisotopic (exact) mass is 307 g/mol. The minimum absolute atomic E-state index is 0.589. The molecule has 0 aliphatic carbocycles. The molecule has 2 aromatic carbocycles. The minimum Gasteiger partial charge on any atom is -0.312 e. The van der Waals surface area contributed by atoms with Crippen molar-refractivity contribution in [1.82, 2.24) is 0 Å². The van der Waals surface area contributed by atoms with Crippen molar-refractivity contribution in [2.24, 2.45) is 0 Å². The Labute approximate surface area is 139 Å². The van der Waals surface area contributed by atoms with Crippen LogP contribution in [0.15, 0.2) is 36.4 Å². The fourth-order valence-corrected chi connectivity index (χ4v) is 3.64. The van der Waals surface area contributed by atoms with E-state index in [1.165, 1.54) is 33.6 Å². The lowest BCUT2D eigenvalue weighted by Gasteiger charge is -2.40. The number of anilines is 2. The standard InChI is InChI=1S/C20H25N3/c1-14-8-5-9-15(2)18(14)22-12-7-13-23(20(22)21)19-16(3)10-6-11-17(19)4/h5-6,8-11,21H,7,12-13H2,1-4H3. The molecule has 0 saturated carbocycles. The van der Waals surface area contributed by atoms with E-state index < -0.39 is 0 Å². The van der Waals surface area contributed by atoms with Gasteiger partial charge in [0.2, 0.25) is 5.96 Å². The molecule has 0 unspecified atom stereocenters. The molecule has 1 fully saturated rings. The third-order valence-corrected chi connectivity index (χ3v) is 4.69. The van der Waals surface area contributed by atoms with Crippen LogP contribution in [0.5, 0.6) is 0 Å². The maximum atomic E-state index is 8.82. The van der Waals surface area contributed by atoms with Gasteiger partial charge < -0.3 is 9.80 Å². The summed E-state index contributed by atoms with van der Waals surface area (Å²) >= 11 is 0. The molecule has 2 aromatic rings. The summed E-state index contributed by atoms with van der Waals surface area (Å²) in [5.74, 6) is 0.589. The molecule has 23 heavy (non-hydrogen) atoms. The Morgan fingerprint density at radius 3 is 1.39 bits per heavy atom. The van der Waals surface area contributed by atoms with Crippen molar-refractivity contribution in [1.29, 1.82) is 5.41 Å². The second kappa shape index (κ2) is 6.07. The van der Waals surface area contributed by atoms with Gasteiger partial charge >= 0.3 is 0 Å². The van der Waals surface area contributed by atoms with Gasteiger partial charge in [-0.05, 0) is 56.4 Å². The number of rotatable bonds is 2. The summed E-state index contributed by atoms with van der Waals surface area (Å²) in [6.45, 7) is 10.3. The van der Waals surface area contributed by atoms with Crippen LogP contribution in [0.25, 0.3) is 0 Å². The van der Waals surface area contributed by atoms with Gasteiger partial charge in [0.25, 0.3) is 0 Å². The van der Waals surface area contributed by atoms with Gasteiger partial charge in [-0.2, -0.15) is 0 Å². The first-order chi connectivity index (χ1) is 11.0. The zero-order valence-corrected chi connectivity index (χ0v) is 14.5. The van der Waals surface area contributed by atoms with Gasteiger partial charge in [-0.1, -0.05) is 36.4 Å². The fourth-order valence-electron chi connectivity index (χ4n) is 3.64. The lowest BCUT2D eigenvalue weighted by molar-refractivity contribution is 0.749. The Morgan fingerprint density at radius 1 is 0.696 bits per heavy atom. The van der Waals surface area contributed by atoms with Gasteiger partial charge in [0, 0.05) is 24.5 Å². The predicted molar refractivity (Wildman–Crippen MR) is 98.9 cm³/mol. The highest BCUT2D eigenvalue weighted by Gasteiger charge is 2.28. The second-order valence-corrected chi connectivity index (χ2v) is 6.46. The van der Waals surface area contributed by atoms with Crippen LogP contribution in [0.3, 0.4) is 0 Å². The average molecular weight is 307 g/mol. The van der Waals surface area contributed by atoms with E-state index in [4.69, 9.17) is 5.41 Å². The van der Waals surface area contributed by atoms with Gasteiger partial charge in [-0.15, -0.1) is 0 Å². The highest BCUT2D eigenvalue weighted by atomic mass is 15.4. The molecule has 3 rings (SSSR count). The molecular weight excluding hydrogens is 282 g/mol. The number of benzene rings is 2. The van der Waals surface area contributed by atoms with E-state index >= 15 is 0 Å². The van der Waals surface area contributed by atoms with Gasteiger partial charge in [0.05, 0.1) is 0 Å². The smallest absolute Gasteiger partial charge is 0.202 e. The molecule has 1 N–H and O–H groups in total. The average Bonchev–Trinajstić information content (AvgIpc) is 2.50. The number of guanidine groups is 1. The molecule has 1 aliphatic rings. The van der Waals surface area contributed by atoms with E-state index in [9.17, 15) is 0 Å². The van der Waals surface area contributed by atoms with Crippen molar-refractivity contribution in [2.45, 2.75) is 34.1 Å². The van der Waals surface area contributed by atoms with Crippen LogP contribution in [0.1, 0.15) is 28.7 Å². The maximum absolute atomic E-state index is 8.82. The number of nitrogens with one attached hydrogen (secondary N) is 1. The molecule has 3 heteroatoms. The summed E-state index contributed by atoms with van der Waals surface area (Å²) < 4.78 is 0. The first-order valence-corrected chi connectivity index (χ1v) is 8.26. The Balaban J connectivity index is 2.03. The van der Waals surface area contributed by atoms with Crippen LogP contribution in [0.2, 0.25) is 0 Å². The Kier molecular flexibility index (Phi) is 4.12. The molecule has 0 amide bonds. The highest BCUT2D eigenvalue weighted by Crippen LogP contribution is 2.32. The molecule has 0 atom stereocenters. The third-order valence-electron chi connectivity index (χ3n) is 4.69. The van der Waals surface area contributed by atoms with E-state index in [1.54, 1.807) is 0 Å². The van der Waals surface area contributed by atoms with Crippen molar-refractivity contribution in [3.8, 4) is 0 Å². The predicted octanol–water partition coefficient (Wildman–Crippen LogP) is 4.57. The second-order valence-electron chi connectivity index (χ2n) is 6.46. The Morgan fingerprint density at radius 2 is 1.04 bits per heavy atom. The Bertz CT molecular complexity index is 647. The topological polar surface area (TPSA) is 30.3 Å². The van der Waals surface area contributed by atoms with E-state index in [1.807, 2.05) is 0 Å². The van der Waals surface area contributed by atoms with Crippen molar-refractivity contribution >= 4 is 17.3 Å².